The zero-order valence-electron chi connectivity index (χ0n) is 10.6. The zero-order chi connectivity index (χ0) is 12.4. The van der Waals surface area contributed by atoms with E-state index in [4.69, 9.17) is 0 Å². The van der Waals surface area contributed by atoms with E-state index in [0.717, 1.165) is 5.69 Å². The molecule has 0 fully saturated rings. The maximum Gasteiger partial charge on any atom is 0.223 e. The molecule has 17 heavy (non-hydrogen) atoms. The summed E-state index contributed by atoms with van der Waals surface area (Å²) >= 11 is 1.83. The van der Waals surface area contributed by atoms with Gasteiger partial charge in [0, 0.05) is 21.6 Å². The number of nitrogens with one attached hydrogen (secondary N) is 1. The van der Waals surface area contributed by atoms with Crippen molar-refractivity contribution in [3.8, 4) is 0 Å². The highest BCUT2D eigenvalue weighted by molar-refractivity contribution is 7.12. The van der Waals surface area contributed by atoms with Gasteiger partial charge in [-0.1, -0.05) is 0 Å². The van der Waals surface area contributed by atoms with Crippen LogP contribution in [0.15, 0.2) is 18.3 Å². The minimum Gasteiger partial charge on any atom is -0.348 e. The molecule has 2 heterocycles. The topological polar surface area (TPSA) is 37.8 Å². The van der Waals surface area contributed by atoms with Crippen LogP contribution in [0.3, 0.4) is 0 Å². The van der Waals surface area contributed by atoms with Crippen LogP contribution in [0, 0.1) is 20.8 Å². The Balaban J connectivity index is 2.16. The van der Waals surface area contributed by atoms with Gasteiger partial charge in [-0.15, -0.1) is 11.3 Å². The second-order valence-corrected chi connectivity index (χ2v) is 5.72. The smallest absolute Gasteiger partial charge is 0.223 e. The monoisotopic (exact) mass is 247 g/mol. The minimum atomic E-state index is 0.238. The van der Waals surface area contributed by atoms with E-state index in [1.54, 1.807) is 6.20 Å². The van der Waals surface area contributed by atoms with Gasteiger partial charge in [-0.3, -0.25) is 0 Å². The maximum atomic E-state index is 4.36. The first-order valence-corrected chi connectivity index (χ1v) is 6.51. The molecule has 90 valence electrons. The van der Waals surface area contributed by atoms with Gasteiger partial charge in [-0.2, -0.15) is 0 Å². The van der Waals surface area contributed by atoms with Gasteiger partial charge in [-0.05, 0) is 45.4 Å². The molecule has 1 N–H and O–H groups in total. The summed E-state index contributed by atoms with van der Waals surface area (Å²) in [5.41, 5.74) is 2.31. The molecule has 3 nitrogen and oxygen atoms in total. The number of nitrogens with zero attached hydrogens (tertiary/aromatic N) is 2. The van der Waals surface area contributed by atoms with Crippen molar-refractivity contribution in [3.63, 3.8) is 0 Å². The highest BCUT2D eigenvalue weighted by Crippen LogP contribution is 2.27. The standard InChI is InChI=1S/C13H17N3S/c1-8-5-6-14-13(15-8)16-10(3)12-7-9(2)17-11(12)4/h5-7,10H,1-4H3,(H,14,15,16). The van der Waals surface area contributed by atoms with Crippen molar-refractivity contribution < 1.29 is 0 Å². The molecular formula is C13H17N3S. The maximum absolute atomic E-state index is 4.36. The third-order valence-electron chi connectivity index (χ3n) is 2.69. The summed E-state index contributed by atoms with van der Waals surface area (Å²) in [6, 6.07) is 4.37. The lowest BCUT2D eigenvalue weighted by Crippen LogP contribution is -2.09. The van der Waals surface area contributed by atoms with Gasteiger partial charge in [0.2, 0.25) is 5.95 Å². The first-order valence-electron chi connectivity index (χ1n) is 5.69. The van der Waals surface area contributed by atoms with Gasteiger partial charge in [-0.25, -0.2) is 9.97 Å². The van der Waals surface area contributed by atoms with Gasteiger partial charge in [0.05, 0.1) is 6.04 Å². The number of hydrogen-bond acceptors (Lipinski definition) is 4. The van der Waals surface area contributed by atoms with E-state index in [1.807, 2.05) is 24.3 Å². The molecule has 0 bridgehead atoms. The molecular weight excluding hydrogens is 230 g/mol. The summed E-state index contributed by atoms with van der Waals surface area (Å²) in [5.74, 6) is 0.695. The van der Waals surface area contributed by atoms with Crippen molar-refractivity contribution in [2.75, 3.05) is 5.32 Å². The van der Waals surface area contributed by atoms with Crippen LogP contribution in [-0.4, -0.2) is 9.97 Å². The molecule has 0 spiro atoms. The molecule has 0 aliphatic carbocycles. The molecule has 0 amide bonds. The lowest BCUT2D eigenvalue weighted by Gasteiger charge is -2.13. The Hall–Kier alpha value is -1.42. The quantitative estimate of drug-likeness (QED) is 0.900. The fourth-order valence-corrected chi connectivity index (χ4v) is 2.89. The van der Waals surface area contributed by atoms with Gasteiger partial charge in [0.15, 0.2) is 0 Å². The van der Waals surface area contributed by atoms with Crippen molar-refractivity contribution in [2.24, 2.45) is 0 Å². The van der Waals surface area contributed by atoms with Crippen molar-refractivity contribution in [3.05, 3.63) is 39.3 Å². The Bertz CT molecular complexity index is 519. The van der Waals surface area contributed by atoms with E-state index in [1.165, 1.54) is 15.3 Å². The average molecular weight is 247 g/mol. The molecule has 2 rings (SSSR count). The second-order valence-electron chi connectivity index (χ2n) is 4.26. The number of aromatic nitrogens is 2. The van der Waals surface area contributed by atoms with E-state index < -0.39 is 0 Å². The molecule has 0 aliphatic heterocycles. The van der Waals surface area contributed by atoms with Gasteiger partial charge in [0.25, 0.3) is 0 Å². The molecule has 1 atom stereocenters. The Morgan fingerprint density at radius 1 is 1.29 bits per heavy atom. The Kier molecular flexibility index (Phi) is 3.43. The zero-order valence-corrected chi connectivity index (χ0v) is 11.4. The normalized spacial score (nSPS) is 12.5. The van der Waals surface area contributed by atoms with Crippen LogP contribution in [0.1, 0.15) is 34.0 Å². The number of hydrogen-bond donors (Lipinski definition) is 1. The lowest BCUT2D eigenvalue weighted by atomic mass is 10.1. The molecule has 0 aliphatic rings. The van der Waals surface area contributed by atoms with Gasteiger partial charge in [0.1, 0.15) is 0 Å². The molecule has 1 unspecified atom stereocenters. The van der Waals surface area contributed by atoms with Gasteiger partial charge < -0.3 is 5.32 Å². The lowest BCUT2D eigenvalue weighted by molar-refractivity contribution is 0.854. The van der Waals surface area contributed by atoms with E-state index in [2.05, 4.69) is 42.1 Å². The van der Waals surface area contributed by atoms with Crippen LogP contribution >= 0.6 is 11.3 Å². The minimum absolute atomic E-state index is 0.238. The summed E-state index contributed by atoms with van der Waals surface area (Å²) in [4.78, 5) is 11.3. The van der Waals surface area contributed by atoms with Crippen molar-refractivity contribution >= 4 is 17.3 Å². The highest BCUT2D eigenvalue weighted by atomic mass is 32.1. The predicted octanol–water partition coefficient (Wildman–Crippen LogP) is 3.64. The summed E-state index contributed by atoms with van der Waals surface area (Å²) in [6.07, 6.45) is 1.78. The largest absolute Gasteiger partial charge is 0.348 e. The number of aryl methyl sites for hydroxylation is 3. The summed E-state index contributed by atoms with van der Waals surface area (Å²) in [6.45, 7) is 8.40. The average Bonchev–Trinajstić information content (AvgIpc) is 2.58. The molecule has 0 saturated heterocycles. The number of thiophene rings is 1. The fraction of sp³-hybridized carbons (Fsp3) is 0.385. The first kappa shape index (κ1) is 12.0. The van der Waals surface area contributed by atoms with E-state index in [9.17, 15) is 0 Å². The van der Waals surface area contributed by atoms with Crippen molar-refractivity contribution in [1.82, 2.24) is 9.97 Å². The Morgan fingerprint density at radius 3 is 2.65 bits per heavy atom. The van der Waals surface area contributed by atoms with Crippen molar-refractivity contribution in [1.29, 1.82) is 0 Å². The first-order chi connectivity index (χ1) is 8.06. The third kappa shape index (κ3) is 2.82. The van der Waals surface area contributed by atoms with E-state index in [-0.39, 0.29) is 6.04 Å². The number of rotatable bonds is 3. The van der Waals surface area contributed by atoms with Crippen LogP contribution in [0.5, 0.6) is 0 Å². The number of anilines is 1. The van der Waals surface area contributed by atoms with E-state index in [0.29, 0.717) is 5.95 Å². The second kappa shape index (κ2) is 4.84. The van der Waals surface area contributed by atoms with Crippen LogP contribution in [0.25, 0.3) is 0 Å². The molecule has 0 radical (unpaired) electrons. The molecule has 0 aromatic carbocycles. The van der Waals surface area contributed by atoms with Gasteiger partial charge >= 0.3 is 0 Å². The summed E-state index contributed by atoms with van der Waals surface area (Å²) in [7, 11) is 0. The van der Waals surface area contributed by atoms with E-state index >= 15 is 0 Å². The van der Waals surface area contributed by atoms with Crippen LogP contribution in [0.2, 0.25) is 0 Å². The Morgan fingerprint density at radius 2 is 2.06 bits per heavy atom. The SMILES string of the molecule is Cc1ccnc(NC(C)c2cc(C)sc2C)n1. The van der Waals surface area contributed by atoms with Crippen LogP contribution < -0.4 is 5.32 Å². The van der Waals surface area contributed by atoms with Crippen LogP contribution in [-0.2, 0) is 0 Å². The molecule has 4 heteroatoms. The predicted molar refractivity (Wildman–Crippen MR) is 72.6 cm³/mol. The van der Waals surface area contributed by atoms with Crippen LogP contribution in [0.4, 0.5) is 5.95 Å². The Labute approximate surface area is 106 Å². The van der Waals surface area contributed by atoms with Crippen molar-refractivity contribution in [2.45, 2.75) is 33.7 Å². The molecule has 0 saturated carbocycles. The highest BCUT2D eigenvalue weighted by Gasteiger charge is 2.11. The molecule has 2 aromatic heterocycles. The fourth-order valence-electron chi connectivity index (χ4n) is 1.87. The molecule has 2 aromatic rings. The summed E-state index contributed by atoms with van der Waals surface area (Å²) in [5, 5.41) is 3.34. The summed E-state index contributed by atoms with van der Waals surface area (Å²) < 4.78 is 0. The third-order valence-corrected chi connectivity index (χ3v) is 3.67.